The number of carbonyl (C=O) groups excluding carboxylic acids is 1. The van der Waals surface area contributed by atoms with Gasteiger partial charge in [-0.1, -0.05) is 0 Å². The number of aryl methyl sites for hydroxylation is 1. The fourth-order valence-corrected chi connectivity index (χ4v) is 3.12. The minimum Gasteiger partial charge on any atom is -0.459 e. The first-order chi connectivity index (χ1) is 8.65. The average molecular weight is 249 g/mol. The van der Waals surface area contributed by atoms with Crippen molar-refractivity contribution in [2.75, 3.05) is 13.1 Å². The zero-order valence-electron chi connectivity index (χ0n) is 10.9. The van der Waals surface area contributed by atoms with Crippen LogP contribution >= 0.6 is 0 Å². The van der Waals surface area contributed by atoms with Crippen LogP contribution in [0, 0.1) is 12.8 Å². The Morgan fingerprint density at radius 1 is 1.50 bits per heavy atom. The number of carbonyl (C=O) groups is 1. The maximum absolute atomic E-state index is 12.3. The molecule has 2 saturated heterocycles. The topological polar surface area (TPSA) is 42.7 Å². The van der Waals surface area contributed by atoms with Gasteiger partial charge in [0.25, 0.3) is 5.91 Å². The number of furan rings is 1. The fraction of sp³-hybridized carbons (Fsp3) is 0.643. The molecule has 98 valence electrons. The van der Waals surface area contributed by atoms with Crippen LogP contribution in [-0.4, -0.2) is 36.1 Å². The summed E-state index contributed by atoms with van der Waals surface area (Å²) in [6, 6.07) is 1.83. The standard InChI is InChI=1S/C14H19NO3/c1-9-4-6-17-13(9)14(16)15-5-3-12-11(8-15)7-10(2)18-12/h4,6,10-12H,3,5,7-8H2,1-2H3/t10-,11-,12+/m0/s1. The quantitative estimate of drug-likeness (QED) is 0.766. The monoisotopic (exact) mass is 249 g/mol. The molecule has 0 radical (unpaired) electrons. The summed E-state index contributed by atoms with van der Waals surface area (Å²) < 4.78 is 11.1. The third-order valence-electron chi connectivity index (χ3n) is 4.05. The third kappa shape index (κ3) is 1.94. The number of likely N-dealkylation sites (tertiary alicyclic amines) is 1. The number of amides is 1. The molecule has 3 rings (SSSR count). The number of piperidine rings is 1. The highest BCUT2D eigenvalue weighted by molar-refractivity contribution is 5.92. The van der Waals surface area contributed by atoms with Crippen LogP contribution in [0.1, 0.15) is 35.9 Å². The summed E-state index contributed by atoms with van der Waals surface area (Å²) in [5.74, 6) is 1.00. The summed E-state index contributed by atoms with van der Waals surface area (Å²) in [6.07, 6.45) is 4.27. The van der Waals surface area contributed by atoms with Gasteiger partial charge in [-0.2, -0.15) is 0 Å². The molecule has 0 N–H and O–H groups in total. The minimum atomic E-state index is 0.0236. The van der Waals surface area contributed by atoms with E-state index in [-0.39, 0.29) is 5.91 Å². The maximum Gasteiger partial charge on any atom is 0.289 e. The molecule has 0 aromatic carbocycles. The number of hydrogen-bond acceptors (Lipinski definition) is 3. The van der Waals surface area contributed by atoms with E-state index in [0.29, 0.717) is 23.9 Å². The third-order valence-corrected chi connectivity index (χ3v) is 4.05. The molecule has 4 nitrogen and oxygen atoms in total. The first kappa shape index (κ1) is 11.8. The molecule has 2 aliphatic heterocycles. The second-order valence-electron chi connectivity index (χ2n) is 5.45. The first-order valence-corrected chi connectivity index (χ1v) is 6.64. The van der Waals surface area contributed by atoms with Crippen molar-refractivity contribution in [3.8, 4) is 0 Å². The van der Waals surface area contributed by atoms with Crippen molar-refractivity contribution in [1.82, 2.24) is 4.90 Å². The lowest BCUT2D eigenvalue weighted by atomic mass is 9.93. The van der Waals surface area contributed by atoms with Crippen LogP contribution in [0.25, 0.3) is 0 Å². The molecule has 2 aliphatic rings. The zero-order chi connectivity index (χ0) is 12.7. The molecule has 4 heteroatoms. The molecule has 0 bridgehead atoms. The zero-order valence-corrected chi connectivity index (χ0v) is 10.9. The molecule has 18 heavy (non-hydrogen) atoms. The molecule has 0 saturated carbocycles. The summed E-state index contributed by atoms with van der Waals surface area (Å²) in [7, 11) is 0. The van der Waals surface area contributed by atoms with Crippen molar-refractivity contribution in [2.24, 2.45) is 5.92 Å². The van der Waals surface area contributed by atoms with Crippen molar-refractivity contribution in [1.29, 1.82) is 0 Å². The van der Waals surface area contributed by atoms with Gasteiger partial charge in [0.15, 0.2) is 5.76 Å². The minimum absolute atomic E-state index is 0.0236. The van der Waals surface area contributed by atoms with E-state index in [1.54, 1.807) is 6.26 Å². The van der Waals surface area contributed by atoms with Gasteiger partial charge in [-0.15, -0.1) is 0 Å². The van der Waals surface area contributed by atoms with Crippen molar-refractivity contribution in [3.05, 3.63) is 23.7 Å². The van der Waals surface area contributed by atoms with E-state index >= 15 is 0 Å². The molecule has 0 spiro atoms. The highest BCUT2D eigenvalue weighted by Crippen LogP contribution is 2.33. The van der Waals surface area contributed by atoms with Gasteiger partial charge in [-0.05, 0) is 32.8 Å². The summed E-state index contributed by atoms with van der Waals surface area (Å²) in [6.45, 7) is 5.59. The van der Waals surface area contributed by atoms with Gasteiger partial charge in [0, 0.05) is 24.6 Å². The van der Waals surface area contributed by atoms with E-state index in [2.05, 4.69) is 6.92 Å². The second-order valence-corrected chi connectivity index (χ2v) is 5.45. The maximum atomic E-state index is 12.3. The van der Waals surface area contributed by atoms with Gasteiger partial charge in [0.2, 0.25) is 0 Å². The van der Waals surface area contributed by atoms with Crippen molar-refractivity contribution in [3.63, 3.8) is 0 Å². The van der Waals surface area contributed by atoms with E-state index in [1.165, 1.54) is 0 Å². The van der Waals surface area contributed by atoms with Crippen LogP contribution in [0.2, 0.25) is 0 Å². The first-order valence-electron chi connectivity index (χ1n) is 6.64. The molecule has 1 aromatic rings. The van der Waals surface area contributed by atoms with E-state index in [1.807, 2.05) is 17.9 Å². The summed E-state index contributed by atoms with van der Waals surface area (Å²) in [5, 5.41) is 0. The summed E-state index contributed by atoms with van der Waals surface area (Å²) >= 11 is 0. The predicted molar refractivity (Wildman–Crippen MR) is 66.4 cm³/mol. The Morgan fingerprint density at radius 3 is 3.06 bits per heavy atom. The number of rotatable bonds is 1. The Kier molecular flexibility index (Phi) is 2.90. The lowest BCUT2D eigenvalue weighted by Gasteiger charge is -2.33. The molecule has 1 amide bonds. The van der Waals surface area contributed by atoms with Crippen molar-refractivity contribution < 1.29 is 13.9 Å². The van der Waals surface area contributed by atoms with Gasteiger partial charge in [0.05, 0.1) is 18.5 Å². The van der Waals surface area contributed by atoms with Crippen LogP contribution in [0.15, 0.2) is 16.7 Å². The molecule has 0 unspecified atom stereocenters. The molecule has 3 heterocycles. The number of hydrogen-bond donors (Lipinski definition) is 0. The predicted octanol–water partition coefficient (Wildman–Crippen LogP) is 2.23. The largest absolute Gasteiger partial charge is 0.459 e. The van der Waals surface area contributed by atoms with Crippen LogP contribution in [0.4, 0.5) is 0 Å². The normalized spacial score (nSPS) is 31.4. The van der Waals surface area contributed by atoms with Crippen molar-refractivity contribution in [2.45, 2.75) is 38.9 Å². The lowest BCUT2D eigenvalue weighted by Crippen LogP contribution is -2.44. The molecular formula is C14H19NO3. The second kappa shape index (κ2) is 4.43. The van der Waals surface area contributed by atoms with Crippen LogP contribution in [0.3, 0.4) is 0 Å². The van der Waals surface area contributed by atoms with Crippen molar-refractivity contribution >= 4 is 5.91 Å². The smallest absolute Gasteiger partial charge is 0.289 e. The molecule has 0 aliphatic carbocycles. The lowest BCUT2D eigenvalue weighted by molar-refractivity contribution is 0.00782. The fourth-order valence-electron chi connectivity index (χ4n) is 3.12. The number of ether oxygens (including phenoxy) is 1. The molecule has 2 fully saturated rings. The van der Waals surface area contributed by atoms with Crippen LogP contribution in [0.5, 0.6) is 0 Å². The Labute approximate surface area is 107 Å². The van der Waals surface area contributed by atoms with Crippen LogP contribution in [-0.2, 0) is 4.74 Å². The Balaban J connectivity index is 1.71. The van der Waals surface area contributed by atoms with Gasteiger partial charge in [-0.3, -0.25) is 4.79 Å². The average Bonchev–Trinajstić information content (AvgIpc) is 2.91. The van der Waals surface area contributed by atoms with Gasteiger partial charge >= 0.3 is 0 Å². The van der Waals surface area contributed by atoms with Gasteiger partial charge < -0.3 is 14.1 Å². The Bertz CT molecular complexity index is 454. The summed E-state index contributed by atoms with van der Waals surface area (Å²) in [5.41, 5.74) is 0.915. The van der Waals surface area contributed by atoms with Crippen LogP contribution < -0.4 is 0 Å². The number of fused-ring (bicyclic) bond motifs is 1. The highest BCUT2D eigenvalue weighted by atomic mass is 16.5. The Morgan fingerprint density at radius 2 is 2.33 bits per heavy atom. The van der Waals surface area contributed by atoms with E-state index in [0.717, 1.165) is 31.5 Å². The molecular weight excluding hydrogens is 230 g/mol. The molecule has 1 aromatic heterocycles. The Hall–Kier alpha value is -1.29. The summed E-state index contributed by atoms with van der Waals surface area (Å²) in [4.78, 5) is 14.3. The van der Waals surface area contributed by atoms with E-state index < -0.39 is 0 Å². The molecule has 3 atom stereocenters. The van der Waals surface area contributed by atoms with E-state index in [4.69, 9.17) is 9.15 Å². The SMILES string of the molecule is Cc1ccoc1C(=O)N1CC[C@H]2O[C@@H](C)C[C@H]2C1. The number of nitrogens with zero attached hydrogens (tertiary/aromatic N) is 1. The van der Waals surface area contributed by atoms with Gasteiger partial charge in [0.1, 0.15) is 0 Å². The highest BCUT2D eigenvalue weighted by Gasteiger charge is 2.39. The van der Waals surface area contributed by atoms with E-state index in [9.17, 15) is 4.79 Å². The van der Waals surface area contributed by atoms with Gasteiger partial charge in [-0.25, -0.2) is 0 Å².